The van der Waals surface area contributed by atoms with Gasteiger partial charge in [-0.25, -0.2) is 0 Å². The summed E-state index contributed by atoms with van der Waals surface area (Å²) in [5.41, 5.74) is 1.69. The number of oxime groups is 1. The van der Waals surface area contributed by atoms with E-state index < -0.39 is 6.10 Å². The molecule has 2 atom stereocenters. The van der Waals surface area contributed by atoms with Gasteiger partial charge in [-0.15, -0.1) is 0 Å². The Morgan fingerprint density at radius 1 is 1.43 bits per heavy atom. The van der Waals surface area contributed by atoms with Crippen molar-refractivity contribution in [3.63, 3.8) is 0 Å². The predicted molar refractivity (Wildman–Crippen MR) is 82.8 cm³/mol. The second-order valence-electron chi connectivity index (χ2n) is 6.28. The van der Waals surface area contributed by atoms with Gasteiger partial charge in [0, 0.05) is 24.1 Å². The standard InChI is InChI=1S/C16H24N2O3/c1-16(2,3)17-10-13(19)15-9-12(18-21-15)11-7-5-6-8-14(11)20-4/h5-8,13,15,17,19H,9-10H2,1-4H3/t13-,15+/m0/s1. The number of β-amino-alcohol motifs (C(OH)–C–C–N with tert-alkyl or cyclic N) is 1. The molecule has 21 heavy (non-hydrogen) atoms. The number of aliphatic hydroxyl groups excluding tert-OH is 1. The quantitative estimate of drug-likeness (QED) is 0.870. The number of benzene rings is 1. The van der Waals surface area contributed by atoms with E-state index in [1.165, 1.54) is 0 Å². The topological polar surface area (TPSA) is 63.1 Å². The number of nitrogens with one attached hydrogen (secondary N) is 1. The van der Waals surface area contributed by atoms with Crippen molar-refractivity contribution >= 4 is 5.71 Å². The fourth-order valence-corrected chi connectivity index (χ4v) is 2.19. The van der Waals surface area contributed by atoms with Gasteiger partial charge in [-0.3, -0.25) is 0 Å². The van der Waals surface area contributed by atoms with Crippen molar-refractivity contribution in [2.24, 2.45) is 5.16 Å². The minimum atomic E-state index is -0.597. The minimum Gasteiger partial charge on any atom is -0.496 e. The van der Waals surface area contributed by atoms with Crippen molar-refractivity contribution in [3.05, 3.63) is 29.8 Å². The molecule has 0 saturated carbocycles. The Morgan fingerprint density at radius 3 is 2.81 bits per heavy atom. The Labute approximate surface area is 125 Å². The molecule has 0 aromatic heterocycles. The third-order valence-corrected chi connectivity index (χ3v) is 3.38. The summed E-state index contributed by atoms with van der Waals surface area (Å²) in [5, 5.41) is 17.6. The molecule has 1 heterocycles. The number of rotatable bonds is 5. The highest BCUT2D eigenvalue weighted by Crippen LogP contribution is 2.25. The average molecular weight is 292 g/mol. The van der Waals surface area contributed by atoms with Gasteiger partial charge in [0.05, 0.1) is 12.8 Å². The summed E-state index contributed by atoms with van der Waals surface area (Å²) >= 11 is 0. The molecule has 0 fully saturated rings. The van der Waals surface area contributed by atoms with Crippen LogP contribution in [0.3, 0.4) is 0 Å². The summed E-state index contributed by atoms with van der Waals surface area (Å²) in [6.45, 7) is 6.66. The average Bonchev–Trinajstić information content (AvgIpc) is 2.93. The lowest BCUT2D eigenvalue weighted by Gasteiger charge is -2.24. The highest BCUT2D eigenvalue weighted by atomic mass is 16.7. The lowest BCUT2D eigenvalue weighted by atomic mass is 10.0. The van der Waals surface area contributed by atoms with Crippen LogP contribution in [0.5, 0.6) is 5.75 Å². The van der Waals surface area contributed by atoms with E-state index in [1.54, 1.807) is 7.11 Å². The molecule has 0 spiro atoms. The fraction of sp³-hybridized carbons (Fsp3) is 0.562. The van der Waals surface area contributed by atoms with Crippen LogP contribution in [-0.2, 0) is 4.84 Å². The maximum atomic E-state index is 10.2. The Balaban J connectivity index is 1.96. The van der Waals surface area contributed by atoms with E-state index in [-0.39, 0.29) is 11.6 Å². The number of aliphatic hydroxyl groups is 1. The van der Waals surface area contributed by atoms with Gasteiger partial charge in [0.15, 0.2) is 6.10 Å². The monoisotopic (exact) mass is 292 g/mol. The van der Waals surface area contributed by atoms with Crippen molar-refractivity contribution in [1.82, 2.24) is 5.32 Å². The van der Waals surface area contributed by atoms with Crippen LogP contribution in [0.1, 0.15) is 32.8 Å². The van der Waals surface area contributed by atoms with Crippen LogP contribution in [0.2, 0.25) is 0 Å². The zero-order chi connectivity index (χ0) is 15.5. The lowest BCUT2D eigenvalue weighted by molar-refractivity contribution is -0.0181. The van der Waals surface area contributed by atoms with Crippen LogP contribution >= 0.6 is 0 Å². The number of nitrogens with zero attached hydrogens (tertiary/aromatic N) is 1. The van der Waals surface area contributed by atoms with E-state index >= 15 is 0 Å². The fourth-order valence-electron chi connectivity index (χ4n) is 2.19. The summed E-state index contributed by atoms with van der Waals surface area (Å²) in [7, 11) is 1.63. The molecule has 1 aliphatic heterocycles. The highest BCUT2D eigenvalue weighted by molar-refractivity contribution is 6.03. The van der Waals surface area contributed by atoms with Crippen molar-refractivity contribution in [3.8, 4) is 5.75 Å². The van der Waals surface area contributed by atoms with Crippen LogP contribution < -0.4 is 10.1 Å². The smallest absolute Gasteiger partial charge is 0.160 e. The molecule has 0 aliphatic carbocycles. The van der Waals surface area contributed by atoms with Gasteiger partial charge in [-0.05, 0) is 32.9 Å². The number of hydrogen-bond acceptors (Lipinski definition) is 5. The van der Waals surface area contributed by atoms with Crippen molar-refractivity contribution in [1.29, 1.82) is 0 Å². The minimum absolute atomic E-state index is 0.0358. The number of hydrogen-bond donors (Lipinski definition) is 2. The number of methoxy groups -OCH3 is 1. The first-order valence-electron chi connectivity index (χ1n) is 7.20. The zero-order valence-electron chi connectivity index (χ0n) is 13.1. The van der Waals surface area contributed by atoms with Gasteiger partial charge in [-0.1, -0.05) is 17.3 Å². The van der Waals surface area contributed by atoms with Crippen molar-refractivity contribution in [2.75, 3.05) is 13.7 Å². The molecule has 0 saturated heterocycles. The molecule has 0 bridgehead atoms. The van der Waals surface area contributed by atoms with Gasteiger partial charge in [0.2, 0.25) is 0 Å². The van der Waals surface area contributed by atoms with Crippen molar-refractivity contribution in [2.45, 2.75) is 44.9 Å². The first kappa shape index (κ1) is 15.8. The highest BCUT2D eigenvalue weighted by Gasteiger charge is 2.30. The first-order valence-corrected chi connectivity index (χ1v) is 7.20. The van der Waals surface area contributed by atoms with Gasteiger partial charge in [0.1, 0.15) is 11.9 Å². The summed E-state index contributed by atoms with van der Waals surface area (Å²) < 4.78 is 5.33. The Morgan fingerprint density at radius 2 is 2.14 bits per heavy atom. The van der Waals surface area contributed by atoms with Gasteiger partial charge < -0.3 is 20.0 Å². The molecule has 1 aliphatic rings. The molecule has 2 rings (SSSR count). The van der Waals surface area contributed by atoms with E-state index in [4.69, 9.17) is 9.57 Å². The van der Waals surface area contributed by atoms with Crippen LogP contribution in [-0.4, -0.2) is 42.2 Å². The predicted octanol–water partition coefficient (Wildman–Crippen LogP) is 1.94. The van der Waals surface area contributed by atoms with Crippen LogP contribution in [0.15, 0.2) is 29.4 Å². The molecule has 5 heteroatoms. The SMILES string of the molecule is COc1ccccc1C1=NO[C@@H]([C@@H](O)CNC(C)(C)C)C1. The van der Waals surface area contributed by atoms with Gasteiger partial charge in [-0.2, -0.15) is 0 Å². The summed E-state index contributed by atoms with van der Waals surface area (Å²) in [5.74, 6) is 0.766. The van der Waals surface area contributed by atoms with Crippen LogP contribution in [0, 0.1) is 0 Å². The van der Waals surface area contributed by atoms with E-state index in [1.807, 2.05) is 24.3 Å². The molecule has 0 amide bonds. The Kier molecular flexibility index (Phi) is 4.85. The van der Waals surface area contributed by atoms with Crippen molar-refractivity contribution < 1.29 is 14.7 Å². The summed E-state index contributed by atoms with van der Waals surface area (Å²) in [4.78, 5) is 5.39. The molecule has 116 valence electrons. The van der Waals surface area contributed by atoms with E-state index in [2.05, 4.69) is 31.2 Å². The lowest BCUT2D eigenvalue weighted by Crippen LogP contribution is -2.44. The van der Waals surface area contributed by atoms with Gasteiger partial charge in [0.25, 0.3) is 0 Å². The maximum absolute atomic E-state index is 10.2. The van der Waals surface area contributed by atoms with Crippen LogP contribution in [0.25, 0.3) is 0 Å². The molecule has 1 aromatic rings. The first-order chi connectivity index (χ1) is 9.90. The molecular formula is C16H24N2O3. The van der Waals surface area contributed by atoms with E-state index in [0.29, 0.717) is 13.0 Å². The van der Waals surface area contributed by atoms with Gasteiger partial charge >= 0.3 is 0 Å². The maximum Gasteiger partial charge on any atom is 0.160 e. The third kappa shape index (κ3) is 4.19. The Bertz CT molecular complexity index is 508. The largest absolute Gasteiger partial charge is 0.496 e. The second kappa shape index (κ2) is 6.45. The second-order valence-corrected chi connectivity index (χ2v) is 6.28. The number of para-hydroxylation sites is 1. The van der Waals surface area contributed by atoms with E-state index in [9.17, 15) is 5.11 Å². The summed E-state index contributed by atoms with van der Waals surface area (Å²) in [6, 6.07) is 7.69. The summed E-state index contributed by atoms with van der Waals surface area (Å²) in [6.07, 6.45) is -0.340. The normalized spacial score (nSPS) is 19.9. The molecule has 5 nitrogen and oxygen atoms in total. The molecule has 0 radical (unpaired) electrons. The zero-order valence-corrected chi connectivity index (χ0v) is 13.1. The number of ether oxygens (including phenoxy) is 1. The molecule has 2 N–H and O–H groups in total. The Hall–Kier alpha value is -1.59. The molecule has 0 unspecified atom stereocenters. The van der Waals surface area contributed by atoms with E-state index in [0.717, 1.165) is 17.0 Å². The molecule has 1 aromatic carbocycles. The molecular weight excluding hydrogens is 268 g/mol. The third-order valence-electron chi connectivity index (χ3n) is 3.38. The van der Waals surface area contributed by atoms with Crippen LogP contribution in [0.4, 0.5) is 0 Å².